The number of nitrogens with one attached hydrogen (secondary N) is 1. The lowest BCUT2D eigenvalue weighted by molar-refractivity contribution is -0.384. The highest BCUT2D eigenvalue weighted by atomic mass is 35.5. The molecule has 17 heavy (non-hydrogen) atoms. The fourth-order valence-electron chi connectivity index (χ4n) is 1.40. The molecule has 0 aromatic carbocycles. The van der Waals surface area contributed by atoms with Gasteiger partial charge in [-0.2, -0.15) is 0 Å². The van der Waals surface area contributed by atoms with E-state index in [4.69, 9.17) is 16.3 Å². The van der Waals surface area contributed by atoms with Crippen LogP contribution >= 0.6 is 11.6 Å². The molecule has 0 bridgehead atoms. The first-order chi connectivity index (χ1) is 7.84. The van der Waals surface area contributed by atoms with Gasteiger partial charge in [-0.1, -0.05) is 11.6 Å². The van der Waals surface area contributed by atoms with Crippen LogP contribution in [0.15, 0.2) is 12.1 Å². The van der Waals surface area contributed by atoms with E-state index >= 15 is 0 Å². The van der Waals surface area contributed by atoms with E-state index in [1.165, 1.54) is 12.1 Å². The summed E-state index contributed by atoms with van der Waals surface area (Å²) in [6, 6.07) is 2.54. The van der Waals surface area contributed by atoms with Gasteiger partial charge in [0.25, 0.3) is 5.69 Å². The van der Waals surface area contributed by atoms with Crippen molar-refractivity contribution in [1.29, 1.82) is 0 Å². The van der Waals surface area contributed by atoms with Gasteiger partial charge in [0, 0.05) is 7.11 Å². The van der Waals surface area contributed by atoms with Gasteiger partial charge in [0.1, 0.15) is 11.0 Å². The van der Waals surface area contributed by atoms with E-state index in [1.807, 2.05) is 13.8 Å². The molecule has 0 amide bonds. The molecule has 0 unspecified atom stereocenters. The lowest BCUT2D eigenvalue weighted by Crippen LogP contribution is -2.36. The maximum atomic E-state index is 10.7. The number of anilines is 1. The molecule has 0 aliphatic heterocycles. The molecule has 1 aromatic rings. The molecule has 0 saturated heterocycles. The molecule has 0 radical (unpaired) electrons. The zero-order valence-corrected chi connectivity index (χ0v) is 10.6. The van der Waals surface area contributed by atoms with Crippen LogP contribution in [-0.4, -0.2) is 29.2 Å². The number of pyridine rings is 1. The molecule has 1 N–H and O–H groups in total. The van der Waals surface area contributed by atoms with Gasteiger partial charge >= 0.3 is 0 Å². The summed E-state index contributed by atoms with van der Waals surface area (Å²) in [6.07, 6.45) is 0. The Labute approximate surface area is 104 Å². The summed E-state index contributed by atoms with van der Waals surface area (Å²) in [4.78, 5) is 14.1. The molecule has 94 valence electrons. The number of hydrogen-bond donors (Lipinski definition) is 1. The van der Waals surface area contributed by atoms with Crippen molar-refractivity contribution in [3.63, 3.8) is 0 Å². The SMILES string of the molecule is COCC(C)(C)Nc1cc([N+](=O)[O-])cc(Cl)n1. The van der Waals surface area contributed by atoms with Crippen LogP contribution in [0.1, 0.15) is 13.8 Å². The second kappa shape index (κ2) is 5.29. The van der Waals surface area contributed by atoms with E-state index < -0.39 is 4.92 Å². The minimum Gasteiger partial charge on any atom is -0.382 e. The average Bonchev–Trinajstić information content (AvgIpc) is 2.15. The van der Waals surface area contributed by atoms with E-state index in [2.05, 4.69) is 10.3 Å². The van der Waals surface area contributed by atoms with Gasteiger partial charge in [-0.15, -0.1) is 0 Å². The first-order valence-electron chi connectivity index (χ1n) is 4.93. The van der Waals surface area contributed by atoms with Gasteiger partial charge in [0.05, 0.1) is 29.2 Å². The quantitative estimate of drug-likeness (QED) is 0.499. The Bertz CT molecular complexity index is 423. The summed E-state index contributed by atoms with van der Waals surface area (Å²) in [5, 5.41) is 13.8. The summed E-state index contributed by atoms with van der Waals surface area (Å²) >= 11 is 5.71. The molecule has 0 spiro atoms. The number of nitrogens with zero attached hydrogens (tertiary/aromatic N) is 2. The normalized spacial score (nSPS) is 11.3. The van der Waals surface area contributed by atoms with E-state index in [0.29, 0.717) is 12.4 Å². The highest BCUT2D eigenvalue weighted by Gasteiger charge is 2.19. The summed E-state index contributed by atoms with van der Waals surface area (Å²) in [7, 11) is 1.58. The van der Waals surface area contributed by atoms with Gasteiger partial charge in [-0.25, -0.2) is 4.98 Å². The number of rotatable bonds is 5. The molecule has 7 heteroatoms. The molecular formula is C10H14ClN3O3. The predicted octanol–water partition coefficient (Wildman–Crippen LogP) is 2.48. The van der Waals surface area contributed by atoms with Crippen LogP contribution < -0.4 is 5.32 Å². The van der Waals surface area contributed by atoms with Crippen LogP contribution in [0.25, 0.3) is 0 Å². The van der Waals surface area contributed by atoms with Crippen molar-refractivity contribution in [2.75, 3.05) is 19.0 Å². The number of ether oxygens (including phenoxy) is 1. The average molecular weight is 260 g/mol. The van der Waals surface area contributed by atoms with Crippen LogP contribution in [0.2, 0.25) is 5.15 Å². The molecule has 1 heterocycles. The van der Waals surface area contributed by atoms with Crippen LogP contribution in [0.4, 0.5) is 11.5 Å². The Balaban J connectivity index is 2.95. The van der Waals surface area contributed by atoms with Crippen LogP contribution in [0.5, 0.6) is 0 Å². The predicted molar refractivity (Wildman–Crippen MR) is 65.5 cm³/mol. The third kappa shape index (κ3) is 4.16. The van der Waals surface area contributed by atoms with Gasteiger partial charge in [-0.3, -0.25) is 10.1 Å². The van der Waals surface area contributed by atoms with Crippen molar-refractivity contribution in [2.24, 2.45) is 0 Å². The lowest BCUT2D eigenvalue weighted by atomic mass is 10.1. The van der Waals surface area contributed by atoms with Crippen LogP contribution in [0, 0.1) is 10.1 Å². The Morgan fingerprint density at radius 3 is 2.76 bits per heavy atom. The van der Waals surface area contributed by atoms with Crippen molar-refractivity contribution in [3.8, 4) is 0 Å². The largest absolute Gasteiger partial charge is 0.382 e. The Morgan fingerprint density at radius 1 is 1.59 bits per heavy atom. The monoisotopic (exact) mass is 259 g/mol. The van der Waals surface area contributed by atoms with Crippen molar-refractivity contribution in [1.82, 2.24) is 4.98 Å². The lowest BCUT2D eigenvalue weighted by Gasteiger charge is -2.25. The number of methoxy groups -OCH3 is 1. The third-order valence-electron chi connectivity index (χ3n) is 1.96. The summed E-state index contributed by atoms with van der Waals surface area (Å²) in [5.74, 6) is 0.353. The summed E-state index contributed by atoms with van der Waals surface area (Å²) in [5.41, 5.74) is -0.485. The minimum atomic E-state index is -0.512. The zero-order chi connectivity index (χ0) is 13.1. The number of hydrogen-bond acceptors (Lipinski definition) is 5. The van der Waals surface area contributed by atoms with E-state index in [0.717, 1.165) is 0 Å². The summed E-state index contributed by atoms with van der Waals surface area (Å²) in [6.45, 7) is 4.23. The van der Waals surface area contributed by atoms with Crippen molar-refractivity contribution in [3.05, 3.63) is 27.4 Å². The highest BCUT2D eigenvalue weighted by molar-refractivity contribution is 6.29. The van der Waals surface area contributed by atoms with E-state index in [-0.39, 0.29) is 16.4 Å². The molecule has 0 aliphatic carbocycles. The van der Waals surface area contributed by atoms with Crippen molar-refractivity contribution >= 4 is 23.1 Å². The molecule has 1 aromatic heterocycles. The molecule has 1 rings (SSSR count). The molecule has 0 atom stereocenters. The zero-order valence-electron chi connectivity index (χ0n) is 9.86. The fourth-order valence-corrected chi connectivity index (χ4v) is 1.60. The number of halogens is 1. The maximum absolute atomic E-state index is 10.7. The molecule has 0 aliphatic rings. The van der Waals surface area contributed by atoms with Gasteiger partial charge < -0.3 is 10.1 Å². The maximum Gasteiger partial charge on any atom is 0.276 e. The standard InChI is InChI=1S/C10H14ClN3O3/c1-10(2,6-17-3)13-9-5-7(14(15)16)4-8(11)12-9/h4-5H,6H2,1-3H3,(H,12,13). The topological polar surface area (TPSA) is 77.3 Å². The highest BCUT2D eigenvalue weighted by Crippen LogP contribution is 2.22. The molecule has 6 nitrogen and oxygen atoms in total. The van der Waals surface area contributed by atoms with E-state index in [9.17, 15) is 10.1 Å². The van der Waals surface area contributed by atoms with Gasteiger partial charge in [-0.05, 0) is 13.8 Å². The van der Waals surface area contributed by atoms with Crippen molar-refractivity contribution in [2.45, 2.75) is 19.4 Å². The third-order valence-corrected chi connectivity index (χ3v) is 2.15. The Kier molecular flexibility index (Phi) is 4.25. The number of aromatic nitrogens is 1. The fraction of sp³-hybridized carbons (Fsp3) is 0.500. The van der Waals surface area contributed by atoms with Gasteiger partial charge in [0.15, 0.2) is 0 Å². The first kappa shape index (κ1) is 13.7. The summed E-state index contributed by atoms with van der Waals surface area (Å²) < 4.78 is 5.03. The van der Waals surface area contributed by atoms with Crippen LogP contribution in [0.3, 0.4) is 0 Å². The Hall–Kier alpha value is -1.40. The number of nitro groups is 1. The molecule has 0 fully saturated rings. The van der Waals surface area contributed by atoms with Crippen LogP contribution in [-0.2, 0) is 4.74 Å². The first-order valence-corrected chi connectivity index (χ1v) is 5.31. The second-order valence-electron chi connectivity index (χ2n) is 4.23. The molecular weight excluding hydrogens is 246 g/mol. The Morgan fingerprint density at radius 2 is 2.24 bits per heavy atom. The second-order valence-corrected chi connectivity index (χ2v) is 4.62. The van der Waals surface area contributed by atoms with Gasteiger partial charge in [0.2, 0.25) is 0 Å². The molecule has 0 saturated carbocycles. The van der Waals surface area contributed by atoms with E-state index in [1.54, 1.807) is 7.11 Å². The minimum absolute atomic E-state index is 0.0786. The smallest absolute Gasteiger partial charge is 0.276 e. The van der Waals surface area contributed by atoms with Crippen molar-refractivity contribution < 1.29 is 9.66 Å².